The highest BCUT2D eigenvalue weighted by Crippen LogP contribution is 2.19. The molecule has 6 heteroatoms. The number of aromatic amines is 1. The second-order valence-corrected chi connectivity index (χ2v) is 2.70. The minimum Gasteiger partial charge on any atom is -0.464 e. The Balaban J connectivity index is 3.05. The van der Waals surface area contributed by atoms with Gasteiger partial charge in [-0.2, -0.15) is 0 Å². The Morgan fingerprint density at radius 2 is 2.21 bits per heavy atom. The molecule has 1 aromatic rings. The van der Waals surface area contributed by atoms with Crippen molar-refractivity contribution in [1.29, 1.82) is 0 Å². The summed E-state index contributed by atoms with van der Waals surface area (Å²) in [6.45, 7) is 1.73. The van der Waals surface area contributed by atoms with Crippen molar-refractivity contribution in [3.05, 3.63) is 17.5 Å². The molecular formula is C8H11N3O3. The van der Waals surface area contributed by atoms with Crippen LogP contribution in [-0.4, -0.2) is 24.1 Å². The number of nitrogens with one attached hydrogen (secondary N) is 2. The largest absolute Gasteiger partial charge is 0.464 e. The number of hydrogen-bond donors (Lipinski definition) is 3. The van der Waals surface area contributed by atoms with Crippen LogP contribution >= 0.6 is 0 Å². The summed E-state index contributed by atoms with van der Waals surface area (Å²) in [4.78, 5) is 24.5. The van der Waals surface area contributed by atoms with Gasteiger partial charge < -0.3 is 20.8 Å². The summed E-state index contributed by atoms with van der Waals surface area (Å²) in [7, 11) is 1.26. The maximum absolute atomic E-state index is 11.2. The number of nitrogens with two attached hydrogens (primary N) is 1. The van der Waals surface area contributed by atoms with Crippen LogP contribution in [0.1, 0.15) is 16.1 Å². The molecule has 76 valence electrons. The topological polar surface area (TPSA) is 97.2 Å². The Morgan fingerprint density at radius 1 is 1.57 bits per heavy atom. The van der Waals surface area contributed by atoms with Gasteiger partial charge in [-0.25, -0.2) is 9.59 Å². The van der Waals surface area contributed by atoms with Crippen molar-refractivity contribution in [2.75, 3.05) is 12.4 Å². The number of anilines is 1. The maximum atomic E-state index is 11.2. The molecule has 0 aliphatic rings. The van der Waals surface area contributed by atoms with Crippen LogP contribution in [0.4, 0.5) is 10.5 Å². The number of ether oxygens (including phenoxy) is 1. The van der Waals surface area contributed by atoms with Gasteiger partial charge in [-0.05, 0) is 12.5 Å². The highest BCUT2D eigenvalue weighted by Gasteiger charge is 2.16. The monoisotopic (exact) mass is 197 g/mol. The zero-order valence-corrected chi connectivity index (χ0v) is 7.88. The summed E-state index contributed by atoms with van der Waals surface area (Å²) in [6, 6.07) is -0.724. The summed E-state index contributed by atoms with van der Waals surface area (Å²) in [5, 5.41) is 2.34. The summed E-state index contributed by atoms with van der Waals surface area (Å²) >= 11 is 0. The number of primary amides is 1. The predicted octanol–water partition coefficient (Wildman–Crippen LogP) is 0.600. The molecule has 0 saturated heterocycles. The van der Waals surface area contributed by atoms with Gasteiger partial charge in [-0.15, -0.1) is 0 Å². The Morgan fingerprint density at radius 3 is 2.71 bits per heavy atom. The van der Waals surface area contributed by atoms with Gasteiger partial charge in [-0.1, -0.05) is 0 Å². The van der Waals surface area contributed by atoms with E-state index in [-0.39, 0.29) is 5.69 Å². The SMILES string of the molecule is COC(=O)c1[nH]cc(C)c1NC(N)=O. The van der Waals surface area contributed by atoms with E-state index in [1.54, 1.807) is 13.1 Å². The molecule has 1 rings (SSSR count). The number of urea groups is 1. The standard InChI is InChI=1S/C8H11N3O3/c1-4-3-10-6(7(12)14-2)5(4)11-8(9)13/h3,10H,1-2H3,(H3,9,11,13). The summed E-state index contributed by atoms with van der Waals surface area (Å²) in [5.41, 5.74) is 6.19. The molecule has 2 amide bonds. The van der Waals surface area contributed by atoms with E-state index in [9.17, 15) is 9.59 Å². The van der Waals surface area contributed by atoms with Gasteiger partial charge in [0.15, 0.2) is 0 Å². The Hall–Kier alpha value is -1.98. The van der Waals surface area contributed by atoms with Gasteiger partial charge >= 0.3 is 12.0 Å². The third-order valence-corrected chi connectivity index (χ3v) is 1.72. The smallest absolute Gasteiger partial charge is 0.356 e. The molecule has 0 atom stereocenters. The molecule has 0 fully saturated rings. The zero-order valence-electron chi connectivity index (χ0n) is 7.88. The number of aryl methyl sites for hydroxylation is 1. The number of aromatic nitrogens is 1. The first kappa shape index (κ1) is 10.1. The number of methoxy groups -OCH3 is 1. The Kier molecular flexibility index (Phi) is 2.76. The number of H-pyrrole nitrogens is 1. The molecule has 0 saturated carbocycles. The first-order valence-corrected chi connectivity index (χ1v) is 3.89. The van der Waals surface area contributed by atoms with Crippen LogP contribution in [0, 0.1) is 6.92 Å². The van der Waals surface area contributed by atoms with Crippen molar-refractivity contribution >= 4 is 17.7 Å². The van der Waals surface area contributed by atoms with Gasteiger partial charge in [-0.3, -0.25) is 0 Å². The van der Waals surface area contributed by atoms with Crippen molar-refractivity contribution in [1.82, 2.24) is 4.98 Å². The fraction of sp³-hybridized carbons (Fsp3) is 0.250. The first-order valence-electron chi connectivity index (χ1n) is 3.89. The molecular weight excluding hydrogens is 186 g/mol. The quantitative estimate of drug-likeness (QED) is 0.605. The van der Waals surface area contributed by atoms with E-state index in [0.717, 1.165) is 0 Å². The molecule has 0 bridgehead atoms. The van der Waals surface area contributed by atoms with Crippen LogP contribution in [0.15, 0.2) is 6.20 Å². The molecule has 1 heterocycles. The molecule has 14 heavy (non-hydrogen) atoms. The maximum Gasteiger partial charge on any atom is 0.356 e. The van der Waals surface area contributed by atoms with Gasteiger partial charge in [0.05, 0.1) is 12.8 Å². The predicted molar refractivity (Wildman–Crippen MR) is 50.1 cm³/mol. The first-order chi connectivity index (χ1) is 6.56. The Bertz CT molecular complexity index is 370. The number of rotatable bonds is 2. The van der Waals surface area contributed by atoms with E-state index in [2.05, 4.69) is 15.0 Å². The van der Waals surface area contributed by atoms with Crippen LogP contribution < -0.4 is 11.1 Å². The molecule has 0 aliphatic carbocycles. The molecule has 6 nitrogen and oxygen atoms in total. The third-order valence-electron chi connectivity index (χ3n) is 1.72. The van der Waals surface area contributed by atoms with Gasteiger partial charge in [0, 0.05) is 6.20 Å². The van der Waals surface area contributed by atoms with Crippen LogP contribution in [0.25, 0.3) is 0 Å². The lowest BCUT2D eigenvalue weighted by molar-refractivity contribution is 0.0596. The number of hydrogen-bond acceptors (Lipinski definition) is 3. The molecule has 0 radical (unpaired) electrons. The average molecular weight is 197 g/mol. The summed E-state index contributed by atoms with van der Waals surface area (Å²) in [6.07, 6.45) is 1.58. The highest BCUT2D eigenvalue weighted by molar-refractivity contribution is 6.00. The van der Waals surface area contributed by atoms with Crippen molar-refractivity contribution < 1.29 is 14.3 Å². The highest BCUT2D eigenvalue weighted by atomic mass is 16.5. The fourth-order valence-electron chi connectivity index (χ4n) is 1.07. The van der Waals surface area contributed by atoms with Gasteiger partial charge in [0.1, 0.15) is 5.69 Å². The number of carbonyl (C=O) groups excluding carboxylic acids is 2. The zero-order chi connectivity index (χ0) is 10.7. The second kappa shape index (κ2) is 3.82. The Labute approximate surface area is 80.4 Å². The third kappa shape index (κ3) is 1.85. The fourth-order valence-corrected chi connectivity index (χ4v) is 1.07. The summed E-state index contributed by atoms with van der Waals surface area (Å²) < 4.78 is 4.51. The lowest BCUT2D eigenvalue weighted by atomic mass is 10.2. The van der Waals surface area contributed by atoms with E-state index in [1.807, 2.05) is 0 Å². The van der Waals surface area contributed by atoms with E-state index < -0.39 is 12.0 Å². The number of carbonyl (C=O) groups is 2. The van der Waals surface area contributed by atoms with E-state index in [0.29, 0.717) is 11.3 Å². The van der Waals surface area contributed by atoms with Gasteiger partial charge in [0.25, 0.3) is 0 Å². The van der Waals surface area contributed by atoms with Crippen molar-refractivity contribution in [2.45, 2.75) is 6.92 Å². The van der Waals surface area contributed by atoms with Gasteiger partial charge in [0.2, 0.25) is 0 Å². The molecule has 0 aliphatic heterocycles. The van der Waals surface area contributed by atoms with E-state index in [4.69, 9.17) is 5.73 Å². The van der Waals surface area contributed by atoms with Crippen molar-refractivity contribution in [2.24, 2.45) is 5.73 Å². The van der Waals surface area contributed by atoms with E-state index in [1.165, 1.54) is 7.11 Å². The van der Waals surface area contributed by atoms with Crippen LogP contribution in [0.5, 0.6) is 0 Å². The van der Waals surface area contributed by atoms with E-state index >= 15 is 0 Å². The van der Waals surface area contributed by atoms with Crippen molar-refractivity contribution in [3.63, 3.8) is 0 Å². The molecule has 0 spiro atoms. The lowest BCUT2D eigenvalue weighted by Gasteiger charge is -2.03. The number of esters is 1. The summed E-state index contributed by atoms with van der Waals surface area (Å²) in [5.74, 6) is -0.554. The van der Waals surface area contributed by atoms with Crippen LogP contribution in [0.3, 0.4) is 0 Å². The average Bonchev–Trinajstić information content (AvgIpc) is 2.46. The minimum atomic E-state index is -0.724. The number of amides is 2. The normalized spacial score (nSPS) is 9.57. The molecule has 0 unspecified atom stereocenters. The molecule has 1 aromatic heterocycles. The lowest BCUT2D eigenvalue weighted by Crippen LogP contribution is -2.21. The van der Waals surface area contributed by atoms with Crippen LogP contribution in [0.2, 0.25) is 0 Å². The minimum absolute atomic E-state index is 0.184. The molecule has 4 N–H and O–H groups in total. The second-order valence-electron chi connectivity index (χ2n) is 2.70. The molecule has 0 aromatic carbocycles. The van der Waals surface area contributed by atoms with Crippen molar-refractivity contribution in [3.8, 4) is 0 Å². The van der Waals surface area contributed by atoms with Crippen LogP contribution in [-0.2, 0) is 4.74 Å².